The highest BCUT2D eigenvalue weighted by atomic mass is 19.2. The van der Waals surface area contributed by atoms with Gasteiger partial charge in [0.05, 0.1) is 5.69 Å². The van der Waals surface area contributed by atoms with E-state index in [9.17, 15) is 22.8 Å². The number of rotatable bonds is 6. The first-order chi connectivity index (χ1) is 13.8. The average molecular weight is 413 g/mol. The second-order valence-corrected chi connectivity index (χ2v) is 6.75. The molecule has 2 rings (SSSR count). The van der Waals surface area contributed by atoms with E-state index in [0.29, 0.717) is 37.9 Å². The number of nitrogens with one attached hydrogen (secondary N) is 3. The van der Waals surface area contributed by atoms with Crippen molar-refractivity contribution >= 4 is 23.5 Å². The molecule has 7 nitrogen and oxygen atoms in total. The predicted octanol–water partition coefficient (Wildman–Crippen LogP) is 1.86. The number of carbonyl (C=O) groups is 2. The van der Waals surface area contributed by atoms with Crippen molar-refractivity contribution in [2.24, 2.45) is 10.9 Å². The Hall–Kier alpha value is -2.78. The van der Waals surface area contributed by atoms with E-state index in [0.717, 1.165) is 25.0 Å². The molecule has 1 heterocycles. The fourth-order valence-electron chi connectivity index (χ4n) is 3.10. The van der Waals surface area contributed by atoms with Gasteiger partial charge in [-0.25, -0.2) is 18.2 Å². The van der Waals surface area contributed by atoms with Crippen LogP contribution in [-0.4, -0.2) is 55.9 Å². The zero-order chi connectivity index (χ0) is 21.4. The quantitative estimate of drug-likeness (QED) is 0.378. The molecular formula is C19H26F3N5O2. The van der Waals surface area contributed by atoms with Crippen LogP contribution in [0.25, 0.3) is 0 Å². The van der Waals surface area contributed by atoms with E-state index in [-0.39, 0.29) is 12.5 Å². The Kier molecular flexibility index (Phi) is 8.29. The number of anilines is 1. The molecule has 1 aliphatic rings. The molecule has 1 aliphatic heterocycles. The van der Waals surface area contributed by atoms with Gasteiger partial charge in [0.2, 0.25) is 11.8 Å². The molecule has 0 unspecified atom stereocenters. The Morgan fingerprint density at radius 2 is 1.83 bits per heavy atom. The number of benzene rings is 1. The summed E-state index contributed by atoms with van der Waals surface area (Å²) in [6, 6.07) is 1.70. The molecule has 1 aromatic carbocycles. The lowest BCUT2D eigenvalue weighted by Gasteiger charge is -2.34. The van der Waals surface area contributed by atoms with Gasteiger partial charge >= 0.3 is 0 Å². The Labute approximate surface area is 167 Å². The second-order valence-electron chi connectivity index (χ2n) is 6.75. The van der Waals surface area contributed by atoms with Crippen LogP contribution in [-0.2, 0) is 9.59 Å². The number of nitrogens with zero attached hydrogens (tertiary/aromatic N) is 2. The van der Waals surface area contributed by atoms with Crippen LogP contribution in [0.2, 0.25) is 0 Å². The van der Waals surface area contributed by atoms with Crippen LogP contribution in [0.1, 0.15) is 26.2 Å². The van der Waals surface area contributed by atoms with Gasteiger partial charge < -0.3 is 20.9 Å². The summed E-state index contributed by atoms with van der Waals surface area (Å²) in [4.78, 5) is 29.8. The first-order valence-corrected chi connectivity index (χ1v) is 9.52. The van der Waals surface area contributed by atoms with Crippen LogP contribution in [0.4, 0.5) is 18.9 Å². The number of guanidine groups is 1. The van der Waals surface area contributed by atoms with E-state index >= 15 is 0 Å². The summed E-state index contributed by atoms with van der Waals surface area (Å²) in [5.74, 6) is -4.22. The molecule has 29 heavy (non-hydrogen) atoms. The monoisotopic (exact) mass is 413 g/mol. The molecule has 3 N–H and O–H groups in total. The van der Waals surface area contributed by atoms with E-state index in [1.54, 1.807) is 7.05 Å². The smallest absolute Gasteiger partial charge is 0.246 e. The molecule has 1 fully saturated rings. The van der Waals surface area contributed by atoms with Gasteiger partial charge in [0.25, 0.3) is 0 Å². The maximum Gasteiger partial charge on any atom is 0.246 e. The zero-order valence-electron chi connectivity index (χ0n) is 16.5. The highest BCUT2D eigenvalue weighted by Crippen LogP contribution is 2.21. The third kappa shape index (κ3) is 6.37. The Bertz CT molecular complexity index is 764. The number of piperidine rings is 1. The minimum Gasteiger partial charge on any atom is -0.359 e. The lowest BCUT2D eigenvalue weighted by Crippen LogP contribution is -2.46. The van der Waals surface area contributed by atoms with Crippen LogP contribution < -0.4 is 16.0 Å². The van der Waals surface area contributed by atoms with E-state index in [1.807, 2.05) is 11.8 Å². The van der Waals surface area contributed by atoms with E-state index in [1.165, 1.54) is 0 Å². The Morgan fingerprint density at radius 3 is 2.45 bits per heavy atom. The number of amides is 2. The van der Waals surface area contributed by atoms with Crippen molar-refractivity contribution in [2.45, 2.75) is 26.2 Å². The number of hydrogen-bond donors (Lipinski definition) is 3. The van der Waals surface area contributed by atoms with Crippen LogP contribution in [0.15, 0.2) is 17.1 Å². The molecule has 0 spiro atoms. The normalized spacial score (nSPS) is 15.2. The zero-order valence-corrected chi connectivity index (χ0v) is 16.5. The van der Waals surface area contributed by atoms with Crippen molar-refractivity contribution in [3.63, 3.8) is 0 Å². The minimum atomic E-state index is -1.64. The predicted molar refractivity (Wildman–Crippen MR) is 104 cm³/mol. The van der Waals surface area contributed by atoms with Gasteiger partial charge in [-0.05, 0) is 37.8 Å². The molecule has 160 valence electrons. The average Bonchev–Trinajstić information content (AvgIpc) is 2.72. The molecule has 0 radical (unpaired) electrons. The second kappa shape index (κ2) is 10.7. The van der Waals surface area contributed by atoms with Gasteiger partial charge in [0, 0.05) is 33.1 Å². The molecule has 2 amide bonds. The van der Waals surface area contributed by atoms with Crippen molar-refractivity contribution in [1.29, 1.82) is 0 Å². The van der Waals surface area contributed by atoms with Crippen LogP contribution in [0.3, 0.4) is 0 Å². The lowest BCUT2D eigenvalue weighted by atomic mass is 9.93. The molecule has 0 bridgehead atoms. The molecule has 0 aromatic heterocycles. The van der Waals surface area contributed by atoms with Crippen molar-refractivity contribution < 1.29 is 22.8 Å². The summed E-state index contributed by atoms with van der Waals surface area (Å²) in [7, 11) is 1.62. The third-order valence-electron chi connectivity index (χ3n) is 4.68. The summed E-state index contributed by atoms with van der Waals surface area (Å²) in [6.45, 7) is 3.56. The summed E-state index contributed by atoms with van der Waals surface area (Å²) in [5.41, 5.74) is -0.441. The van der Waals surface area contributed by atoms with Gasteiger partial charge in [-0.3, -0.25) is 9.59 Å². The van der Waals surface area contributed by atoms with Crippen LogP contribution in [0, 0.1) is 23.4 Å². The van der Waals surface area contributed by atoms with E-state index in [4.69, 9.17) is 0 Å². The number of likely N-dealkylation sites (tertiary alicyclic amines) is 1. The van der Waals surface area contributed by atoms with Crippen LogP contribution >= 0.6 is 0 Å². The standard InChI is InChI=1S/C19H26F3N5O2/c1-3-24-19(27-8-6-12(7-9-27)10-15(28)23-2)25-11-16(29)26-14-5-4-13(20)17(21)18(14)22/h4-5,12H,3,6-11H2,1-2H3,(H,23,28)(H,24,25)(H,26,29). The highest BCUT2D eigenvalue weighted by Gasteiger charge is 2.23. The molecule has 0 saturated carbocycles. The first-order valence-electron chi connectivity index (χ1n) is 9.52. The fraction of sp³-hybridized carbons (Fsp3) is 0.526. The molecule has 10 heteroatoms. The molecule has 1 aromatic rings. The molecule has 1 saturated heterocycles. The topological polar surface area (TPSA) is 85.8 Å². The van der Waals surface area contributed by atoms with Gasteiger partial charge in [0.1, 0.15) is 6.54 Å². The van der Waals surface area contributed by atoms with E-state index in [2.05, 4.69) is 20.9 Å². The van der Waals surface area contributed by atoms with Crippen molar-refractivity contribution in [3.8, 4) is 0 Å². The molecule has 0 atom stereocenters. The van der Waals surface area contributed by atoms with E-state index < -0.39 is 29.0 Å². The van der Waals surface area contributed by atoms with Crippen molar-refractivity contribution in [3.05, 3.63) is 29.6 Å². The summed E-state index contributed by atoms with van der Waals surface area (Å²) in [6.07, 6.45) is 2.13. The van der Waals surface area contributed by atoms with Gasteiger partial charge in [-0.1, -0.05) is 0 Å². The molecular weight excluding hydrogens is 387 g/mol. The number of hydrogen-bond acceptors (Lipinski definition) is 3. The van der Waals surface area contributed by atoms with Crippen LogP contribution in [0.5, 0.6) is 0 Å². The highest BCUT2D eigenvalue weighted by molar-refractivity contribution is 5.94. The Morgan fingerprint density at radius 1 is 1.14 bits per heavy atom. The van der Waals surface area contributed by atoms with Gasteiger partial charge in [0.15, 0.2) is 23.4 Å². The van der Waals surface area contributed by atoms with Gasteiger partial charge in [-0.2, -0.15) is 0 Å². The maximum atomic E-state index is 13.7. The fourth-order valence-corrected chi connectivity index (χ4v) is 3.10. The number of carbonyl (C=O) groups excluding carboxylic acids is 2. The largest absolute Gasteiger partial charge is 0.359 e. The Balaban J connectivity index is 1.94. The number of aliphatic imine (C=N–C) groups is 1. The SMILES string of the molecule is CCNC(=NCC(=O)Nc1ccc(F)c(F)c1F)N1CCC(CC(=O)NC)CC1. The lowest BCUT2D eigenvalue weighted by molar-refractivity contribution is -0.121. The third-order valence-corrected chi connectivity index (χ3v) is 4.68. The maximum absolute atomic E-state index is 13.7. The minimum absolute atomic E-state index is 0.0187. The number of halogens is 3. The van der Waals surface area contributed by atoms with Crippen molar-refractivity contribution in [2.75, 3.05) is 38.5 Å². The first kappa shape index (κ1) is 22.5. The molecule has 0 aliphatic carbocycles. The van der Waals surface area contributed by atoms with Gasteiger partial charge in [-0.15, -0.1) is 0 Å². The summed E-state index contributed by atoms with van der Waals surface area (Å²) < 4.78 is 39.9. The summed E-state index contributed by atoms with van der Waals surface area (Å²) >= 11 is 0. The van der Waals surface area contributed by atoms with Crippen molar-refractivity contribution in [1.82, 2.24) is 15.5 Å². The summed E-state index contributed by atoms with van der Waals surface area (Å²) in [5, 5.41) is 7.92.